The van der Waals surface area contributed by atoms with Gasteiger partial charge in [0.05, 0.1) is 18.4 Å². The number of carbonyl (C=O) groups is 1. The molecule has 28 heavy (non-hydrogen) atoms. The molecule has 1 aromatic carbocycles. The zero-order chi connectivity index (χ0) is 20.1. The lowest BCUT2D eigenvalue weighted by molar-refractivity contribution is -0.137. The summed E-state index contributed by atoms with van der Waals surface area (Å²) in [5, 5.41) is 8.74. The van der Waals surface area contributed by atoms with Crippen LogP contribution < -0.4 is 5.73 Å². The number of hydrogen-bond donors (Lipinski definition) is 1. The first kappa shape index (κ1) is 20.0. The summed E-state index contributed by atoms with van der Waals surface area (Å²) in [5.41, 5.74) is 5.03. The van der Waals surface area contributed by atoms with Crippen molar-refractivity contribution in [3.05, 3.63) is 65.4 Å². The van der Waals surface area contributed by atoms with Gasteiger partial charge in [0, 0.05) is 18.6 Å². The van der Waals surface area contributed by atoms with Crippen LogP contribution in [-0.2, 0) is 29.7 Å². The highest BCUT2D eigenvalue weighted by Gasteiger charge is 2.30. The monoisotopic (exact) mass is 410 g/mol. The molecule has 0 radical (unpaired) electrons. The summed E-state index contributed by atoms with van der Waals surface area (Å²) in [5.74, 6) is 1.06. The third-order valence-corrected chi connectivity index (χ3v) is 4.94. The van der Waals surface area contributed by atoms with Gasteiger partial charge in [-0.1, -0.05) is 30.0 Å². The molecule has 1 amide bonds. The van der Waals surface area contributed by atoms with Gasteiger partial charge in [-0.05, 0) is 23.8 Å². The predicted molar refractivity (Wildman–Crippen MR) is 96.4 cm³/mol. The van der Waals surface area contributed by atoms with Crippen LogP contribution in [0.2, 0.25) is 0 Å². The zero-order valence-electron chi connectivity index (χ0n) is 14.6. The van der Waals surface area contributed by atoms with Gasteiger partial charge in [0.25, 0.3) is 0 Å². The molecular weight excluding hydrogens is 393 g/mol. The number of primary amides is 1. The Bertz CT molecular complexity index is 939. The Morgan fingerprint density at radius 1 is 1.21 bits per heavy atom. The maximum absolute atomic E-state index is 12.9. The summed E-state index contributed by atoms with van der Waals surface area (Å²) in [4.78, 5) is 11.1. The van der Waals surface area contributed by atoms with Crippen molar-refractivity contribution in [2.45, 2.75) is 36.5 Å². The quantitative estimate of drug-likeness (QED) is 0.573. The molecule has 0 bridgehead atoms. The van der Waals surface area contributed by atoms with Crippen LogP contribution in [0.15, 0.2) is 52.2 Å². The summed E-state index contributed by atoms with van der Waals surface area (Å²) in [6, 6.07) is 8.70. The maximum atomic E-state index is 12.9. The van der Waals surface area contributed by atoms with E-state index < -0.39 is 17.6 Å². The molecule has 0 aliphatic rings. The average molecular weight is 410 g/mol. The first-order valence-electron chi connectivity index (χ1n) is 8.34. The minimum atomic E-state index is -4.39. The minimum absolute atomic E-state index is 0.120. The largest absolute Gasteiger partial charge is 0.467 e. The molecule has 0 fully saturated rings. The number of furan rings is 1. The van der Waals surface area contributed by atoms with Crippen LogP contribution >= 0.6 is 11.8 Å². The number of aryl methyl sites for hydroxylation is 1. The van der Waals surface area contributed by atoms with Crippen LogP contribution in [0.5, 0.6) is 0 Å². The first-order chi connectivity index (χ1) is 13.3. The number of amides is 1. The van der Waals surface area contributed by atoms with Gasteiger partial charge in [-0.15, -0.1) is 10.2 Å². The molecule has 0 spiro atoms. The van der Waals surface area contributed by atoms with E-state index in [9.17, 15) is 18.0 Å². The molecular formula is C18H17F3N4O2S. The van der Waals surface area contributed by atoms with Crippen LogP contribution in [0.4, 0.5) is 13.2 Å². The number of nitrogens with two attached hydrogens (primary N) is 1. The molecule has 0 unspecified atom stereocenters. The summed E-state index contributed by atoms with van der Waals surface area (Å²) in [7, 11) is 0. The molecule has 2 heterocycles. The Morgan fingerprint density at radius 2 is 2.04 bits per heavy atom. The Labute approximate surface area is 162 Å². The highest BCUT2D eigenvalue weighted by molar-refractivity contribution is 7.98. The fourth-order valence-corrected chi connectivity index (χ4v) is 3.45. The van der Waals surface area contributed by atoms with Gasteiger partial charge in [0.2, 0.25) is 5.91 Å². The number of benzene rings is 1. The van der Waals surface area contributed by atoms with Crippen LogP contribution in [0.1, 0.15) is 29.1 Å². The number of alkyl halides is 3. The van der Waals surface area contributed by atoms with E-state index in [1.165, 1.54) is 24.1 Å². The van der Waals surface area contributed by atoms with E-state index in [0.29, 0.717) is 35.3 Å². The third-order valence-electron chi connectivity index (χ3n) is 3.90. The van der Waals surface area contributed by atoms with E-state index in [1.807, 2.05) is 0 Å². The van der Waals surface area contributed by atoms with Gasteiger partial charge in [-0.25, -0.2) is 0 Å². The van der Waals surface area contributed by atoms with Crippen molar-refractivity contribution >= 4 is 17.7 Å². The fraction of sp³-hybridized carbons (Fsp3) is 0.278. The van der Waals surface area contributed by atoms with Crippen LogP contribution in [0.3, 0.4) is 0 Å². The number of hydrogen-bond acceptors (Lipinski definition) is 5. The Morgan fingerprint density at radius 3 is 2.71 bits per heavy atom. The van der Waals surface area contributed by atoms with E-state index in [-0.39, 0.29) is 12.2 Å². The van der Waals surface area contributed by atoms with E-state index >= 15 is 0 Å². The lowest BCUT2D eigenvalue weighted by Crippen LogP contribution is -2.14. The molecule has 2 N–H and O–H groups in total. The summed E-state index contributed by atoms with van der Waals surface area (Å²) in [6.07, 6.45) is -2.41. The topological polar surface area (TPSA) is 86.9 Å². The lowest BCUT2D eigenvalue weighted by Gasteiger charge is -2.10. The van der Waals surface area contributed by atoms with Crippen molar-refractivity contribution in [3.63, 3.8) is 0 Å². The number of carbonyl (C=O) groups excluding carboxylic acids is 1. The number of aromatic nitrogens is 3. The fourth-order valence-electron chi connectivity index (χ4n) is 2.55. The molecule has 0 aliphatic heterocycles. The molecule has 0 saturated heterocycles. The third kappa shape index (κ3) is 5.16. The molecule has 148 valence electrons. The summed E-state index contributed by atoms with van der Waals surface area (Å²) >= 11 is 1.26. The molecule has 0 atom stereocenters. The highest BCUT2D eigenvalue weighted by Crippen LogP contribution is 2.31. The van der Waals surface area contributed by atoms with Gasteiger partial charge in [0.1, 0.15) is 11.6 Å². The van der Waals surface area contributed by atoms with E-state index in [4.69, 9.17) is 10.2 Å². The zero-order valence-corrected chi connectivity index (χ0v) is 15.5. The number of thioether (sulfide) groups is 1. The van der Waals surface area contributed by atoms with Crippen LogP contribution in [0.25, 0.3) is 0 Å². The Kier molecular flexibility index (Phi) is 6.08. The number of rotatable bonds is 8. The van der Waals surface area contributed by atoms with Gasteiger partial charge in [-0.3, -0.25) is 9.36 Å². The van der Waals surface area contributed by atoms with Gasteiger partial charge >= 0.3 is 6.18 Å². The molecule has 10 heteroatoms. The van der Waals surface area contributed by atoms with Crippen molar-refractivity contribution in [2.24, 2.45) is 5.73 Å². The number of halogens is 3. The maximum Gasteiger partial charge on any atom is 0.416 e. The van der Waals surface area contributed by atoms with E-state index in [0.717, 1.165) is 12.1 Å². The standard InChI is InChI=1S/C18H17F3N4O2S/c19-18(20,21)13-4-1-3-12(9-13)11-28-17-24-23-16(7-6-15(22)26)25(17)10-14-5-2-8-27-14/h1-5,8-9H,6-7,10-11H2,(H2,22,26). The molecule has 6 nitrogen and oxygen atoms in total. The second-order valence-electron chi connectivity index (χ2n) is 6.02. The molecule has 2 aromatic heterocycles. The van der Waals surface area contributed by atoms with Crippen LogP contribution in [0, 0.1) is 0 Å². The van der Waals surface area contributed by atoms with Gasteiger partial charge in [0.15, 0.2) is 5.16 Å². The van der Waals surface area contributed by atoms with Gasteiger partial charge < -0.3 is 10.2 Å². The van der Waals surface area contributed by atoms with Crippen molar-refractivity contribution in [1.82, 2.24) is 14.8 Å². The number of nitrogens with zero attached hydrogens (tertiary/aromatic N) is 3. The SMILES string of the molecule is NC(=O)CCc1nnc(SCc2cccc(C(F)(F)F)c2)n1Cc1ccco1. The van der Waals surface area contributed by atoms with E-state index in [1.54, 1.807) is 22.8 Å². The van der Waals surface area contributed by atoms with Crippen molar-refractivity contribution in [3.8, 4) is 0 Å². The van der Waals surface area contributed by atoms with Crippen LogP contribution in [-0.4, -0.2) is 20.7 Å². The van der Waals surface area contributed by atoms with E-state index in [2.05, 4.69) is 10.2 Å². The minimum Gasteiger partial charge on any atom is -0.467 e. The lowest BCUT2D eigenvalue weighted by atomic mass is 10.1. The summed E-state index contributed by atoms with van der Waals surface area (Å²) in [6.45, 7) is 0.346. The molecule has 0 saturated carbocycles. The first-order valence-corrected chi connectivity index (χ1v) is 9.33. The highest BCUT2D eigenvalue weighted by atomic mass is 32.2. The molecule has 3 rings (SSSR count). The van der Waals surface area contributed by atoms with Crippen molar-refractivity contribution in [2.75, 3.05) is 0 Å². The average Bonchev–Trinajstić information content (AvgIpc) is 3.28. The smallest absolute Gasteiger partial charge is 0.416 e. The normalized spacial score (nSPS) is 11.7. The molecule has 3 aromatic rings. The predicted octanol–water partition coefficient (Wildman–Crippen LogP) is 3.65. The second kappa shape index (κ2) is 8.51. The van der Waals surface area contributed by atoms with Crippen molar-refractivity contribution < 1.29 is 22.4 Å². The molecule has 0 aliphatic carbocycles. The summed E-state index contributed by atoms with van der Waals surface area (Å²) < 4.78 is 45.8. The Hall–Kier alpha value is -2.75. The Balaban J connectivity index is 1.78. The second-order valence-corrected chi connectivity index (χ2v) is 6.96. The van der Waals surface area contributed by atoms with Crippen molar-refractivity contribution in [1.29, 1.82) is 0 Å². The van der Waals surface area contributed by atoms with Gasteiger partial charge in [-0.2, -0.15) is 13.2 Å².